The smallest absolute Gasteiger partial charge is 0.123 e. The molecule has 0 aliphatic heterocycles. The number of hydrogen-bond acceptors (Lipinski definition) is 1. The van der Waals surface area contributed by atoms with Gasteiger partial charge in [-0.1, -0.05) is 40.4 Å². The molecule has 0 aromatic heterocycles. The summed E-state index contributed by atoms with van der Waals surface area (Å²) in [6, 6.07) is 5.08. The van der Waals surface area contributed by atoms with Crippen molar-refractivity contribution in [2.75, 3.05) is 7.05 Å². The highest BCUT2D eigenvalue weighted by Gasteiger charge is 2.26. The average Bonchev–Trinajstić information content (AvgIpc) is 2.34. The monoisotopic (exact) mass is 333 g/mol. The first-order chi connectivity index (χ1) is 8.58. The lowest BCUT2D eigenvalue weighted by Gasteiger charge is -2.35. The van der Waals surface area contributed by atoms with Crippen molar-refractivity contribution in [1.29, 1.82) is 0 Å². The Bertz CT molecular complexity index is 413. The van der Waals surface area contributed by atoms with Gasteiger partial charge in [0.1, 0.15) is 5.82 Å². The van der Waals surface area contributed by atoms with E-state index in [1.807, 2.05) is 0 Å². The van der Waals surface area contributed by atoms with Gasteiger partial charge in [-0.2, -0.15) is 0 Å². The summed E-state index contributed by atoms with van der Waals surface area (Å²) in [5.74, 6) is -0.221. The van der Waals surface area contributed by atoms with Crippen LogP contribution in [0.1, 0.15) is 31.2 Å². The lowest BCUT2D eigenvalue weighted by atomic mass is 9.94. The zero-order valence-corrected chi connectivity index (χ0v) is 12.8. The Hall–Kier alpha value is -0.120. The van der Waals surface area contributed by atoms with Crippen LogP contribution in [-0.2, 0) is 6.54 Å². The highest BCUT2D eigenvalue weighted by Crippen LogP contribution is 2.29. The van der Waals surface area contributed by atoms with Crippen molar-refractivity contribution < 1.29 is 4.39 Å². The predicted molar refractivity (Wildman–Crippen MR) is 77.8 cm³/mol. The molecule has 0 saturated heterocycles. The van der Waals surface area contributed by atoms with E-state index in [2.05, 4.69) is 27.9 Å². The van der Waals surface area contributed by atoms with Crippen molar-refractivity contribution in [1.82, 2.24) is 4.90 Å². The minimum atomic E-state index is -0.221. The fourth-order valence-electron chi connectivity index (χ4n) is 2.61. The van der Waals surface area contributed by atoms with E-state index >= 15 is 0 Å². The fraction of sp³-hybridized carbons (Fsp3) is 0.571. The van der Waals surface area contributed by atoms with Crippen LogP contribution in [0.15, 0.2) is 18.2 Å². The Morgan fingerprint density at radius 1 is 1.39 bits per heavy atom. The summed E-state index contributed by atoms with van der Waals surface area (Å²) in [5, 5.41) is 0.644. The Kier molecular flexibility index (Phi) is 5.05. The van der Waals surface area contributed by atoms with Gasteiger partial charge >= 0.3 is 0 Å². The highest BCUT2D eigenvalue weighted by molar-refractivity contribution is 9.09. The minimum Gasteiger partial charge on any atom is -0.298 e. The summed E-state index contributed by atoms with van der Waals surface area (Å²) in [7, 11) is 2.09. The molecule has 2 unspecified atom stereocenters. The van der Waals surface area contributed by atoms with Crippen LogP contribution in [-0.4, -0.2) is 22.8 Å². The summed E-state index contributed by atoms with van der Waals surface area (Å²) >= 11 is 9.86. The van der Waals surface area contributed by atoms with Crippen molar-refractivity contribution in [2.45, 2.75) is 43.1 Å². The van der Waals surface area contributed by atoms with Crippen LogP contribution in [0, 0.1) is 5.82 Å². The van der Waals surface area contributed by atoms with Gasteiger partial charge in [0.2, 0.25) is 0 Å². The van der Waals surface area contributed by atoms with Gasteiger partial charge in [-0.15, -0.1) is 0 Å². The minimum absolute atomic E-state index is 0.221. The molecule has 1 aromatic rings. The zero-order chi connectivity index (χ0) is 13.1. The number of hydrogen-bond donors (Lipinski definition) is 0. The van der Waals surface area contributed by atoms with Crippen LogP contribution in [0.5, 0.6) is 0 Å². The molecule has 0 amide bonds. The SMILES string of the molecule is CN(Cc1cc(F)ccc1Cl)C1CCCCC1Br. The summed E-state index contributed by atoms with van der Waals surface area (Å²) in [4.78, 5) is 2.81. The molecule has 0 radical (unpaired) electrons. The second-order valence-corrected chi connectivity index (χ2v) is 6.60. The second-order valence-electron chi connectivity index (χ2n) is 5.02. The van der Waals surface area contributed by atoms with Crippen molar-refractivity contribution in [2.24, 2.45) is 0 Å². The number of nitrogens with zero attached hydrogens (tertiary/aromatic N) is 1. The van der Waals surface area contributed by atoms with Crippen LogP contribution in [0.25, 0.3) is 0 Å². The van der Waals surface area contributed by atoms with Gasteiger partial charge in [-0.25, -0.2) is 4.39 Å². The molecule has 0 bridgehead atoms. The first-order valence-corrected chi connectivity index (χ1v) is 7.65. The maximum Gasteiger partial charge on any atom is 0.123 e. The van der Waals surface area contributed by atoms with E-state index in [0.29, 0.717) is 22.4 Å². The second kappa shape index (κ2) is 6.36. The zero-order valence-electron chi connectivity index (χ0n) is 10.5. The van der Waals surface area contributed by atoms with E-state index in [1.54, 1.807) is 6.07 Å². The lowest BCUT2D eigenvalue weighted by Crippen LogP contribution is -2.40. The Balaban J connectivity index is 2.05. The fourth-order valence-corrected chi connectivity index (χ4v) is 3.78. The highest BCUT2D eigenvalue weighted by atomic mass is 79.9. The third-order valence-electron chi connectivity index (χ3n) is 3.64. The van der Waals surface area contributed by atoms with Crippen molar-refractivity contribution in [3.8, 4) is 0 Å². The van der Waals surface area contributed by atoms with Gasteiger partial charge in [0, 0.05) is 22.4 Å². The van der Waals surface area contributed by atoms with Gasteiger partial charge in [0.25, 0.3) is 0 Å². The predicted octanol–water partition coefficient (Wildman–Crippen LogP) is 4.62. The van der Waals surface area contributed by atoms with Gasteiger partial charge < -0.3 is 0 Å². The van der Waals surface area contributed by atoms with E-state index in [4.69, 9.17) is 11.6 Å². The van der Waals surface area contributed by atoms with Crippen LogP contribution in [0.4, 0.5) is 4.39 Å². The van der Waals surface area contributed by atoms with Crippen molar-refractivity contribution in [3.05, 3.63) is 34.6 Å². The maximum atomic E-state index is 13.2. The molecule has 18 heavy (non-hydrogen) atoms. The first kappa shape index (κ1) is 14.3. The molecule has 1 saturated carbocycles. The van der Waals surface area contributed by atoms with Gasteiger partial charge in [0.05, 0.1) is 0 Å². The number of halogens is 3. The topological polar surface area (TPSA) is 3.24 Å². The normalized spacial score (nSPS) is 24.5. The van der Waals surface area contributed by atoms with Crippen LogP contribution in [0.2, 0.25) is 5.02 Å². The maximum absolute atomic E-state index is 13.2. The number of alkyl halides is 1. The Labute approximate surface area is 121 Å². The van der Waals surface area contributed by atoms with E-state index in [-0.39, 0.29) is 5.82 Å². The molecule has 1 aromatic carbocycles. The molecule has 1 fully saturated rings. The molecular weight excluding hydrogens is 317 g/mol. The Morgan fingerprint density at radius 3 is 2.83 bits per heavy atom. The van der Waals surface area contributed by atoms with Crippen molar-refractivity contribution >= 4 is 27.5 Å². The summed E-state index contributed by atoms with van der Waals surface area (Å²) in [6.07, 6.45) is 4.97. The number of rotatable bonds is 3. The first-order valence-electron chi connectivity index (χ1n) is 6.36. The average molecular weight is 335 g/mol. The van der Waals surface area contributed by atoms with E-state index in [0.717, 1.165) is 5.56 Å². The van der Waals surface area contributed by atoms with Gasteiger partial charge in [-0.05, 0) is 43.7 Å². The molecule has 4 heteroatoms. The molecular formula is C14H18BrClFN. The molecule has 1 aliphatic rings. The van der Waals surface area contributed by atoms with Gasteiger partial charge in [0.15, 0.2) is 0 Å². The summed E-state index contributed by atoms with van der Waals surface area (Å²) in [6.45, 7) is 0.698. The third-order valence-corrected chi connectivity index (χ3v) is 5.08. The van der Waals surface area contributed by atoms with E-state index in [1.165, 1.54) is 37.8 Å². The van der Waals surface area contributed by atoms with Crippen LogP contribution < -0.4 is 0 Å². The molecule has 0 spiro atoms. The molecule has 0 N–H and O–H groups in total. The molecule has 1 aliphatic carbocycles. The standard InChI is InChI=1S/C14H18BrClFN/c1-18(14-5-3-2-4-12(14)15)9-10-8-11(17)6-7-13(10)16/h6-8,12,14H,2-5,9H2,1H3. The molecule has 100 valence electrons. The number of benzene rings is 1. The van der Waals surface area contributed by atoms with Crippen LogP contribution in [0.3, 0.4) is 0 Å². The Morgan fingerprint density at radius 2 is 2.11 bits per heavy atom. The largest absolute Gasteiger partial charge is 0.298 e. The van der Waals surface area contributed by atoms with Gasteiger partial charge in [-0.3, -0.25) is 4.90 Å². The van der Waals surface area contributed by atoms with E-state index in [9.17, 15) is 4.39 Å². The third kappa shape index (κ3) is 3.46. The van der Waals surface area contributed by atoms with Crippen LogP contribution >= 0.6 is 27.5 Å². The lowest BCUT2D eigenvalue weighted by molar-refractivity contribution is 0.193. The molecule has 0 heterocycles. The van der Waals surface area contributed by atoms with E-state index < -0.39 is 0 Å². The molecule has 1 nitrogen and oxygen atoms in total. The molecule has 2 atom stereocenters. The molecule has 2 rings (SSSR count). The quantitative estimate of drug-likeness (QED) is 0.729. The summed E-state index contributed by atoms with van der Waals surface area (Å²) in [5.41, 5.74) is 0.865. The van der Waals surface area contributed by atoms with Crippen molar-refractivity contribution in [3.63, 3.8) is 0 Å². The summed E-state index contributed by atoms with van der Waals surface area (Å²) < 4.78 is 13.2.